The molecule has 1 aromatic rings. The summed E-state index contributed by atoms with van der Waals surface area (Å²) in [4.78, 5) is 4.20. The molecule has 1 saturated heterocycles. The van der Waals surface area contributed by atoms with Crippen molar-refractivity contribution in [1.82, 2.24) is 31.3 Å². The van der Waals surface area contributed by atoms with Crippen molar-refractivity contribution in [2.75, 3.05) is 0 Å². The predicted molar refractivity (Wildman–Crippen MR) is 42.7 cm³/mol. The molecule has 12 heavy (non-hydrogen) atoms. The lowest BCUT2D eigenvalue weighted by atomic mass is 10.4. The lowest BCUT2D eigenvalue weighted by molar-refractivity contribution is 0.525. The van der Waals surface area contributed by atoms with Gasteiger partial charge in [0.1, 0.15) is 12.0 Å². The van der Waals surface area contributed by atoms with E-state index in [2.05, 4.69) is 31.3 Å². The Kier molecular flexibility index (Phi) is 1.80. The van der Waals surface area contributed by atoms with E-state index in [9.17, 15) is 0 Å². The number of nitrogens with zero attached hydrogens (tertiary/aromatic N) is 2. The molecule has 4 N–H and O–H groups in total. The van der Waals surface area contributed by atoms with Crippen molar-refractivity contribution >= 4 is 0 Å². The van der Waals surface area contributed by atoms with Gasteiger partial charge >= 0.3 is 0 Å². The van der Waals surface area contributed by atoms with E-state index in [1.165, 1.54) is 0 Å². The van der Waals surface area contributed by atoms with Gasteiger partial charge in [0.25, 0.3) is 0 Å². The lowest BCUT2D eigenvalue weighted by Gasteiger charge is -2.03. The monoisotopic (exact) mass is 168 g/mol. The summed E-state index contributed by atoms with van der Waals surface area (Å²) in [5.74, 6) is 1.57. The van der Waals surface area contributed by atoms with Crippen molar-refractivity contribution in [1.29, 1.82) is 0 Å². The zero-order chi connectivity index (χ0) is 8.55. The van der Waals surface area contributed by atoms with Crippen molar-refractivity contribution in [3.05, 3.63) is 11.6 Å². The molecule has 2 heterocycles. The third-order valence-electron chi connectivity index (χ3n) is 1.73. The Morgan fingerprint density at radius 1 is 1.33 bits per heavy atom. The molecular formula is C6H12N6. The minimum absolute atomic E-state index is 0.00458. The van der Waals surface area contributed by atoms with Crippen molar-refractivity contribution in [2.24, 2.45) is 0 Å². The van der Waals surface area contributed by atoms with Crippen LogP contribution in [0.1, 0.15) is 24.7 Å². The first kappa shape index (κ1) is 7.66. The van der Waals surface area contributed by atoms with Gasteiger partial charge in [0.15, 0.2) is 5.82 Å². The molecular weight excluding hydrogens is 156 g/mol. The zero-order valence-corrected chi connectivity index (χ0v) is 7.05. The van der Waals surface area contributed by atoms with E-state index in [1.54, 1.807) is 0 Å². The highest BCUT2D eigenvalue weighted by Crippen LogP contribution is 2.06. The van der Waals surface area contributed by atoms with Crippen molar-refractivity contribution in [2.45, 2.75) is 26.2 Å². The van der Waals surface area contributed by atoms with Gasteiger partial charge in [-0.15, -0.1) is 0 Å². The van der Waals surface area contributed by atoms with Gasteiger partial charge in [-0.3, -0.25) is 10.4 Å². The van der Waals surface area contributed by atoms with Gasteiger partial charge in [-0.2, -0.15) is 5.10 Å². The minimum atomic E-state index is 0.00458. The molecule has 0 bridgehead atoms. The number of aromatic amines is 1. The second-order valence-electron chi connectivity index (χ2n) is 2.89. The smallest absolute Gasteiger partial charge is 0.183 e. The summed E-state index contributed by atoms with van der Waals surface area (Å²) in [6.07, 6.45) is 0.249. The summed E-state index contributed by atoms with van der Waals surface area (Å²) < 4.78 is 0. The fourth-order valence-corrected chi connectivity index (χ4v) is 1.17. The highest BCUT2D eigenvalue weighted by atomic mass is 15.5. The fourth-order valence-electron chi connectivity index (χ4n) is 1.17. The highest BCUT2D eigenvalue weighted by molar-refractivity contribution is 4.96. The molecule has 1 aliphatic heterocycles. The van der Waals surface area contributed by atoms with Gasteiger partial charge in [0.05, 0.1) is 6.17 Å². The van der Waals surface area contributed by atoms with E-state index in [0.29, 0.717) is 0 Å². The number of hydrogen-bond donors (Lipinski definition) is 4. The van der Waals surface area contributed by atoms with Crippen LogP contribution < -0.4 is 16.2 Å². The number of aryl methyl sites for hydroxylation is 1. The van der Waals surface area contributed by atoms with Gasteiger partial charge in [-0.1, -0.05) is 0 Å². The summed E-state index contributed by atoms with van der Waals surface area (Å²) in [7, 11) is 0. The van der Waals surface area contributed by atoms with Crippen molar-refractivity contribution in [3.8, 4) is 0 Å². The maximum Gasteiger partial charge on any atom is 0.183 e. The van der Waals surface area contributed by atoms with Crippen LogP contribution in [-0.4, -0.2) is 21.3 Å². The van der Waals surface area contributed by atoms with Crippen LogP contribution in [0.5, 0.6) is 0 Å². The molecule has 0 saturated carbocycles. The van der Waals surface area contributed by atoms with Gasteiger partial charge in [0.2, 0.25) is 0 Å². The van der Waals surface area contributed by atoms with E-state index >= 15 is 0 Å². The molecule has 1 aromatic heterocycles. The van der Waals surface area contributed by atoms with E-state index in [1.807, 2.05) is 13.8 Å². The van der Waals surface area contributed by atoms with Crippen LogP contribution in [0.15, 0.2) is 0 Å². The van der Waals surface area contributed by atoms with Crippen LogP contribution in [0.3, 0.4) is 0 Å². The Balaban J connectivity index is 2.11. The second kappa shape index (κ2) is 2.81. The molecule has 2 unspecified atom stereocenters. The first-order chi connectivity index (χ1) is 5.75. The summed E-state index contributed by atoms with van der Waals surface area (Å²) in [5.41, 5.74) is 6.05. The number of hydrazine groups is 1. The van der Waals surface area contributed by atoms with Crippen LogP contribution >= 0.6 is 0 Å². The van der Waals surface area contributed by atoms with Crippen LogP contribution in [-0.2, 0) is 0 Å². The third-order valence-corrected chi connectivity index (χ3v) is 1.73. The molecule has 0 aliphatic carbocycles. The second-order valence-corrected chi connectivity index (χ2v) is 2.89. The average Bonchev–Trinajstić information content (AvgIpc) is 2.58. The summed E-state index contributed by atoms with van der Waals surface area (Å²) in [6.45, 7) is 3.90. The van der Waals surface area contributed by atoms with E-state index in [4.69, 9.17) is 0 Å². The molecule has 2 atom stereocenters. The quantitative estimate of drug-likeness (QED) is 0.439. The maximum atomic E-state index is 4.20. The molecule has 0 radical (unpaired) electrons. The molecule has 1 aliphatic rings. The number of nitrogens with one attached hydrogen (secondary N) is 4. The molecule has 2 rings (SSSR count). The van der Waals surface area contributed by atoms with Crippen LogP contribution in [0.4, 0.5) is 0 Å². The Bertz CT molecular complexity index is 269. The summed E-state index contributed by atoms with van der Waals surface area (Å²) >= 11 is 0. The van der Waals surface area contributed by atoms with E-state index in [-0.39, 0.29) is 12.3 Å². The Morgan fingerprint density at radius 2 is 2.17 bits per heavy atom. The summed E-state index contributed by atoms with van der Waals surface area (Å²) in [6, 6.07) is 0. The van der Waals surface area contributed by atoms with Crippen LogP contribution in [0.2, 0.25) is 0 Å². The summed E-state index contributed by atoms with van der Waals surface area (Å²) in [5, 5.41) is 10.0. The van der Waals surface area contributed by atoms with Gasteiger partial charge in [-0.05, 0) is 13.8 Å². The zero-order valence-electron chi connectivity index (χ0n) is 7.05. The molecule has 66 valence electrons. The van der Waals surface area contributed by atoms with E-state index in [0.717, 1.165) is 11.6 Å². The number of H-pyrrole nitrogens is 1. The number of hydrogen-bond acceptors (Lipinski definition) is 5. The fraction of sp³-hybridized carbons (Fsp3) is 0.667. The van der Waals surface area contributed by atoms with Crippen molar-refractivity contribution in [3.63, 3.8) is 0 Å². The topological polar surface area (TPSA) is 77.7 Å². The molecule has 0 aromatic carbocycles. The van der Waals surface area contributed by atoms with E-state index < -0.39 is 0 Å². The highest BCUT2D eigenvalue weighted by Gasteiger charge is 2.23. The Labute approximate surface area is 70.1 Å². The molecule has 6 nitrogen and oxygen atoms in total. The maximum absolute atomic E-state index is 4.20. The lowest BCUT2D eigenvalue weighted by Crippen LogP contribution is -2.30. The molecule has 0 amide bonds. The molecule has 0 spiro atoms. The minimum Gasteiger partial charge on any atom is -0.278 e. The SMILES string of the molecule is Cc1nc(C2NNC(C)N2)n[nH]1. The van der Waals surface area contributed by atoms with Gasteiger partial charge in [0, 0.05) is 0 Å². The first-order valence-electron chi connectivity index (χ1n) is 3.92. The normalized spacial score (nSPS) is 29.5. The standard InChI is InChI=1S/C6H12N6/c1-3-7-5(11-9-3)6-8-4(2)10-12-6/h3,5,7,9,11H,1-2H3,(H,8,10,12). The Hall–Kier alpha value is -0.980. The van der Waals surface area contributed by atoms with Gasteiger partial charge in [-0.25, -0.2) is 15.8 Å². The van der Waals surface area contributed by atoms with Crippen LogP contribution in [0, 0.1) is 6.92 Å². The molecule has 1 fully saturated rings. The first-order valence-corrected chi connectivity index (χ1v) is 3.92. The Morgan fingerprint density at radius 3 is 2.67 bits per heavy atom. The van der Waals surface area contributed by atoms with Gasteiger partial charge < -0.3 is 0 Å². The number of rotatable bonds is 1. The number of aromatic nitrogens is 3. The predicted octanol–water partition coefficient (Wildman–Crippen LogP) is -0.845. The third kappa shape index (κ3) is 1.31. The van der Waals surface area contributed by atoms with Crippen molar-refractivity contribution < 1.29 is 0 Å². The molecule has 6 heteroatoms. The largest absolute Gasteiger partial charge is 0.278 e. The van der Waals surface area contributed by atoms with Crippen LogP contribution in [0.25, 0.3) is 0 Å². The average molecular weight is 168 g/mol.